The molecule has 0 saturated heterocycles. The molecule has 4 aliphatic carbocycles. The van der Waals surface area contributed by atoms with Gasteiger partial charge in [0.1, 0.15) is 6.79 Å². The lowest BCUT2D eigenvalue weighted by Crippen LogP contribution is -2.51. The van der Waals surface area contributed by atoms with Crippen LogP contribution in [-0.2, 0) is 9.47 Å². The molecule has 136 valence electrons. The van der Waals surface area contributed by atoms with Crippen LogP contribution in [0.2, 0.25) is 0 Å². The molecule has 3 fully saturated rings. The Labute approximate surface area is 146 Å². The van der Waals surface area contributed by atoms with E-state index < -0.39 is 0 Å². The Morgan fingerprint density at radius 2 is 1.96 bits per heavy atom. The maximum Gasteiger partial charge on any atom is 0.146 e. The minimum atomic E-state index is -0.0696. The van der Waals surface area contributed by atoms with Gasteiger partial charge in [-0.25, -0.2) is 0 Å². The zero-order valence-corrected chi connectivity index (χ0v) is 15.6. The summed E-state index contributed by atoms with van der Waals surface area (Å²) >= 11 is 0. The van der Waals surface area contributed by atoms with Gasteiger partial charge >= 0.3 is 0 Å². The predicted octanol–water partition coefficient (Wildman–Crippen LogP) is 4.30. The van der Waals surface area contributed by atoms with E-state index in [1.54, 1.807) is 12.7 Å². The Bertz CT molecular complexity index is 515. The third kappa shape index (κ3) is 2.42. The van der Waals surface area contributed by atoms with E-state index in [2.05, 4.69) is 19.9 Å². The van der Waals surface area contributed by atoms with E-state index in [-0.39, 0.29) is 11.5 Å². The molecule has 0 aliphatic heterocycles. The molecule has 2 unspecified atom stereocenters. The van der Waals surface area contributed by atoms with Crippen molar-refractivity contribution in [3.8, 4) is 0 Å². The van der Waals surface area contributed by atoms with Crippen LogP contribution in [0.15, 0.2) is 11.6 Å². The Kier molecular flexibility index (Phi) is 4.34. The fourth-order valence-electron chi connectivity index (χ4n) is 6.91. The Hall–Kier alpha value is -0.380. The summed E-state index contributed by atoms with van der Waals surface area (Å²) in [7, 11) is 1.70. The molecule has 0 heterocycles. The molecule has 3 saturated carbocycles. The predicted molar refractivity (Wildman–Crippen MR) is 94.5 cm³/mol. The van der Waals surface area contributed by atoms with Gasteiger partial charge in [-0.1, -0.05) is 25.5 Å². The second-order valence-corrected chi connectivity index (χ2v) is 9.34. The standard InChI is InChI=1S/C21H34O3/c1-20-10-8-15(24-13-23-3)12-14(20)4-5-16-17-6-7-19(22)21(17,2)11-9-18(16)20/h4,15-19,22H,5-13H2,1-3H3/t15?,16-,17-,18+,19?,20-,21-/m0/s1. The first kappa shape index (κ1) is 17.1. The number of hydrogen-bond donors (Lipinski definition) is 1. The lowest BCUT2D eigenvalue weighted by molar-refractivity contribution is -0.101. The molecule has 4 rings (SSSR count). The molecule has 0 radical (unpaired) electrons. The van der Waals surface area contributed by atoms with E-state index in [9.17, 15) is 5.11 Å². The summed E-state index contributed by atoms with van der Waals surface area (Å²) in [5, 5.41) is 10.5. The molecule has 0 aromatic heterocycles. The number of hydrogen-bond acceptors (Lipinski definition) is 3. The Morgan fingerprint density at radius 1 is 1.12 bits per heavy atom. The molecular formula is C21H34O3. The van der Waals surface area contributed by atoms with Crippen molar-refractivity contribution < 1.29 is 14.6 Å². The van der Waals surface area contributed by atoms with E-state index in [1.807, 2.05) is 0 Å². The molecule has 0 amide bonds. The summed E-state index contributed by atoms with van der Waals surface area (Å²) in [5.74, 6) is 2.32. The van der Waals surface area contributed by atoms with Crippen LogP contribution in [0.5, 0.6) is 0 Å². The minimum absolute atomic E-state index is 0.0696. The van der Waals surface area contributed by atoms with Gasteiger partial charge in [0.05, 0.1) is 12.2 Å². The molecule has 3 nitrogen and oxygen atoms in total. The van der Waals surface area contributed by atoms with E-state index >= 15 is 0 Å². The van der Waals surface area contributed by atoms with Crippen molar-refractivity contribution in [2.75, 3.05) is 13.9 Å². The van der Waals surface area contributed by atoms with Crippen LogP contribution in [0.1, 0.15) is 65.2 Å². The number of aliphatic hydroxyl groups is 1. The number of rotatable bonds is 3. The number of allylic oxidation sites excluding steroid dienone is 1. The molecule has 0 aromatic rings. The van der Waals surface area contributed by atoms with Crippen molar-refractivity contribution in [2.45, 2.75) is 77.4 Å². The quantitative estimate of drug-likeness (QED) is 0.618. The average molecular weight is 335 g/mol. The molecule has 24 heavy (non-hydrogen) atoms. The fourth-order valence-corrected chi connectivity index (χ4v) is 6.91. The van der Waals surface area contributed by atoms with E-state index in [4.69, 9.17) is 9.47 Å². The van der Waals surface area contributed by atoms with Crippen LogP contribution < -0.4 is 0 Å². The van der Waals surface area contributed by atoms with Crippen LogP contribution >= 0.6 is 0 Å². The monoisotopic (exact) mass is 334 g/mol. The first-order chi connectivity index (χ1) is 11.5. The highest BCUT2D eigenvalue weighted by Crippen LogP contribution is 2.64. The Balaban J connectivity index is 1.55. The summed E-state index contributed by atoms with van der Waals surface area (Å²) in [6.45, 7) is 5.30. The molecule has 1 N–H and O–H groups in total. The fraction of sp³-hybridized carbons (Fsp3) is 0.905. The van der Waals surface area contributed by atoms with E-state index in [0.29, 0.717) is 18.3 Å². The van der Waals surface area contributed by atoms with Gasteiger partial charge in [-0.15, -0.1) is 0 Å². The van der Waals surface area contributed by atoms with Crippen molar-refractivity contribution in [1.29, 1.82) is 0 Å². The highest BCUT2D eigenvalue weighted by Gasteiger charge is 2.58. The van der Waals surface area contributed by atoms with Gasteiger partial charge in [-0.05, 0) is 80.0 Å². The SMILES string of the molecule is COCOC1CC[C@@]2(C)C(=CC[C@@H]3[C@H]2CC[C@]2(C)C(O)CC[C@@H]32)C1. The summed E-state index contributed by atoms with van der Waals surface area (Å²) in [5.41, 5.74) is 2.20. The molecule has 0 aromatic carbocycles. The van der Waals surface area contributed by atoms with Crippen LogP contribution in [0.25, 0.3) is 0 Å². The van der Waals surface area contributed by atoms with Crippen molar-refractivity contribution in [1.82, 2.24) is 0 Å². The summed E-state index contributed by atoms with van der Waals surface area (Å²) < 4.78 is 11.0. The number of aliphatic hydroxyl groups excluding tert-OH is 1. The molecule has 0 spiro atoms. The minimum Gasteiger partial charge on any atom is -0.393 e. The lowest BCUT2D eigenvalue weighted by atomic mass is 9.48. The summed E-state index contributed by atoms with van der Waals surface area (Å²) in [6.07, 6.45) is 12.3. The first-order valence-corrected chi connectivity index (χ1v) is 9.97. The van der Waals surface area contributed by atoms with Gasteiger partial charge in [0.15, 0.2) is 0 Å². The van der Waals surface area contributed by atoms with Crippen molar-refractivity contribution >= 4 is 0 Å². The number of ether oxygens (including phenoxy) is 2. The zero-order valence-electron chi connectivity index (χ0n) is 15.6. The van der Waals surface area contributed by atoms with Crippen molar-refractivity contribution in [3.63, 3.8) is 0 Å². The number of fused-ring (bicyclic) bond motifs is 5. The van der Waals surface area contributed by atoms with Gasteiger partial charge < -0.3 is 14.6 Å². The Morgan fingerprint density at radius 3 is 2.75 bits per heavy atom. The third-order valence-electron chi connectivity index (χ3n) is 8.43. The number of methoxy groups -OCH3 is 1. The van der Waals surface area contributed by atoms with Crippen LogP contribution in [0.3, 0.4) is 0 Å². The average Bonchev–Trinajstić information content (AvgIpc) is 2.88. The second kappa shape index (κ2) is 6.10. The van der Waals surface area contributed by atoms with Crippen LogP contribution in [-0.4, -0.2) is 31.2 Å². The summed E-state index contributed by atoms with van der Waals surface area (Å²) in [6, 6.07) is 0. The van der Waals surface area contributed by atoms with Gasteiger partial charge in [-0.3, -0.25) is 0 Å². The van der Waals surface area contributed by atoms with Gasteiger partial charge in [-0.2, -0.15) is 0 Å². The molecule has 3 heteroatoms. The molecule has 4 aliphatic rings. The van der Waals surface area contributed by atoms with Crippen LogP contribution in [0.4, 0.5) is 0 Å². The third-order valence-corrected chi connectivity index (χ3v) is 8.43. The van der Waals surface area contributed by atoms with E-state index in [0.717, 1.165) is 37.0 Å². The smallest absolute Gasteiger partial charge is 0.146 e. The normalized spacial score (nSPS) is 50.7. The summed E-state index contributed by atoms with van der Waals surface area (Å²) in [4.78, 5) is 0. The first-order valence-electron chi connectivity index (χ1n) is 9.97. The van der Waals surface area contributed by atoms with E-state index in [1.165, 1.54) is 32.1 Å². The highest BCUT2D eigenvalue weighted by molar-refractivity contribution is 5.25. The maximum absolute atomic E-state index is 10.5. The van der Waals surface area contributed by atoms with Crippen molar-refractivity contribution in [3.05, 3.63) is 11.6 Å². The molecular weight excluding hydrogens is 300 g/mol. The highest BCUT2D eigenvalue weighted by atomic mass is 16.7. The van der Waals surface area contributed by atoms with Gasteiger partial charge in [0.2, 0.25) is 0 Å². The largest absolute Gasteiger partial charge is 0.393 e. The van der Waals surface area contributed by atoms with Gasteiger partial charge in [0.25, 0.3) is 0 Å². The molecule has 7 atom stereocenters. The zero-order chi connectivity index (χ0) is 16.9. The van der Waals surface area contributed by atoms with Crippen LogP contribution in [0, 0.1) is 28.6 Å². The molecule has 0 bridgehead atoms. The topological polar surface area (TPSA) is 38.7 Å². The second-order valence-electron chi connectivity index (χ2n) is 9.34. The maximum atomic E-state index is 10.5. The van der Waals surface area contributed by atoms with Gasteiger partial charge in [0, 0.05) is 7.11 Å². The van der Waals surface area contributed by atoms with Crippen molar-refractivity contribution in [2.24, 2.45) is 28.6 Å². The lowest BCUT2D eigenvalue weighted by Gasteiger charge is -2.57.